The van der Waals surface area contributed by atoms with E-state index in [1.807, 2.05) is 0 Å². The van der Waals surface area contributed by atoms with E-state index < -0.39 is 29.8 Å². The van der Waals surface area contributed by atoms with Gasteiger partial charge in [0.15, 0.2) is 6.29 Å². The van der Waals surface area contributed by atoms with Crippen molar-refractivity contribution in [2.75, 3.05) is 0 Å². The lowest BCUT2D eigenvalue weighted by Gasteiger charge is -2.03. The van der Waals surface area contributed by atoms with Gasteiger partial charge >= 0.3 is 7.12 Å². The Morgan fingerprint density at radius 3 is 2.38 bits per heavy atom. The standard InChI is InChI=1S/C7H5BF2O3/c9-5-1-4(3-11)7(10)6(2-5)8(12)13/h1-3,12-13H. The number of halogens is 2. The molecule has 0 aliphatic carbocycles. The molecule has 1 rings (SSSR count). The van der Waals surface area contributed by atoms with E-state index in [4.69, 9.17) is 10.0 Å². The maximum absolute atomic E-state index is 13.0. The summed E-state index contributed by atoms with van der Waals surface area (Å²) in [6.07, 6.45) is 0.101. The first-order valence-electron chi connectivity index (χ1n) is 3.36. The third-order valence-corrected chi connectivity index (χ3v) is 1.50. The van der Waals surface area contributed by atoms with Crippen LogP contribution in [-0.4, -0.2) is 23.5 Å². The summed E-state index contributed by atoms with van der Waals surface area (Å²) in [5.74, 6) is -2.02. The number of rotatable bonds is 2. The van der Waals surface area contributed by atoms with Crippen molar-refractivity contribution in [3.63, 3.8) is 0 Å². The molecule has 2 N–H and O–H groups in total. The van der Waals surface area contributed by atoms with E-state index in [1.165, 1.54) is 0 Å². The zero-order valence-electron chi connectivity index (χ0n) is 6.37. The fourth-order valence-corrected chi connectivity index (χ4v) is 0.906. The summed E-state index contributed by atoms with van der Waals surface area (Å²) in [5.41, 5.74) is -1.19. The molecular formula is C7H5BF2O3. The van der Waals surface area contributed by atoms with Gasteiger partial charge in [-0.3, -0.25) is 4.79 Å². The molecule has 0 spiro atoms. The van der Waals surface area contributed by atoms with Crippen LogP contribution in [0.5, 0.6) is 0 Å². The lowest BCUT2D eigenvalue weighted by Crippen LogP contribution is -2.34. The van der Waals surface area contributed by atoms with Crippen molar-refractivity contribution in [2.45, 2.75) is 0 Å². The van der Waals surface area contributed by atoms with E-state index in [-0.39, 0.29) is 6.29 Å². The van der Waals surface area contributed by atoms with Gasteiger partial charge in [-0.1, -0.05) is 0 Å². The monoisotopic (exact) mass is 186 g/mol. The van der Waals surface area contributed by atoms with Gasteiger partial charge in [-0.25, -0.2) is 8.78 Å². The van der Waals surface area contributed by atoms with Gasteiger partial charge in [0.25, 0.3) is 0 Å². The first-order valence-corrected chi connectivity index (χ1v) is 3.36. The Labute approximate surface area is 72.8 Å². The second-order valence-corrected chi connectivity index (χ2v) is 2.39. The molecule has 0 aliphatic rings. The third-order valence-electron chi connectivity index (χ3n) is 1.50. The summed E-state index contributed by atoms with van der Waals surface area (Å²) >= 11 is 0. The fourth-order valence-electron chi connectivity index (χ4n) is 0.906. The van der Waals surface area contributed by atoms with Gasteiger partial charge in [-0.2, -0.15) is 0 Å². The molecule has 0 radical (unpaired) electrons. The second kappa shape index (κ2) is 3.63. The van der Waals surface area contributed by atoms with Crippen molar-refractivity contribution in [2.24, 2.45) is 0 Å². The summed E-state index contributed by atoms with van der Waals surface area (Å²) in [4.78, 5) is 10.2. The third kappa shape index (κ3) is 1.91. The summed E-state index contributed by atoms with van der Waals surface area (Å²) in [5, 5.41) is 17.2. The molecule has 0 aromatic heterocycles. The van der Waals surface area contributed by atoms with Gasteiger partial charge < -0.3 is 10.0 Å². The van der Waals surface area contributed by atoms with Crippen LogP contribution < -0.4 is 5.46 Å². The van der Waals surface area contributed by atoms with Gasteiger partial charge in [-0.15, -0.1) is 0 Å². The number of hydrogen-bond acceptors (Lipinski definition) is 3. The highest BCUT2D eigenvalue weighted by Crippen LogP contribution is 2.05. The number of aldehydes is 1. The quantitative estimate of drug-likeness (QED) is 0.481. The SMILES string of the molecule is O=Cc1cc(F)cc(B(O)O)c1F. The van der Waals surface area contributed by atoms with E-state index in [9.17, 15) is 13.6 Å². The minimum absolute atomic E-state index is 0.101. The number of benzene rings is 1. The van der Waals surface area contributed by atoms with Crippen LogP contribution in [0.2, 0.25) is 0 Å². The Kier molecular flexibility index (Phi) is 2.74. The van der Waals surface area contributed by atoms with Crippen molar-refractivity contribution in [1.29, 1.82) is 0 Å². The largest absolute Gasteiger partial charge is 0.491 e. The molecule has 68 valence electrons. The van der Waals surface area contributed by atoms with Crippen LogP contribution in [0.15, 0.2) is 12.1 Å². The molecule has 0 saturated heterocycles. The van der Waals surface area contributed by atoms with Crippen LogP contribution >= 0.6 is 0 Å². The molecular weight excluding hydrogens is 181 g/mol. The summed E-state index contributed by atoms with van der Waals surface area (Å²) in [7, 11) is -2.13. The molecule has 0 fully saturated rings. The predicted octanol–water partition coefficient (Wildman–Crippen LogP) is -0.543. The minimum atomic E-state index is -2.13. The molecule has 13 heavy (non-hydrogen) atoms. The minimum Gasteiger partial charge on any atom is -0.423 e. The summed E-state index contributed by atoms with van der Waals surface area (Å²) < 4.78 is 25.6. The zero-order valence-corrected chi connectivity index (χ0v) is 6.37. The van der Waals surface area contributed by atoms with Gasteiger partial charge in [0.05, 0.1) is 5.56 Å². The Morgan fingerprint density at radius 1 is 1.31 bits per heavy atom. The highest BCUT2D eigenvalue weighted by atomic mass is 19.1. The summed E-state index contributed by atoms with van der Waals surface area (Å²) in [6.45, 7) is 0. The Bertz CT molecular complexity index is 341. The molecule has 0 bridgehead atoms. The molecule has 1 aromatic rings. The van der Waals surface area contributed by atoms with Gasteiger partial charge in [0.1, 0.15) is 11.6 Å². The lowest BCUT2D eigenvalue weighted by atomic mass is 9.79. The highest BCUT2D eigenvalue weighted by molar-refractivity contribution is 6.58. The molecule has 3 nitrogen and oxygen atoms in total. The molecule has 6 heteroatoms. The van der Waals surface area contributed by atoms with Gasteiger partial charge in [0.2, 0.25) is 0 Å². The first kappa shape index (κ1) is 9.82. The first-order chi connectivity index (χ1) is 6.06. The summed E-state index contributed by atoms with van der Waals surface area (Å²) in [6, 6.07) is 1.29. The van der Waals surface area contributed by atoms with Crippen molar-refractivity contribution in [3.8, 4) is 0 Å². The van der Waals surface area contributed by atoms with Crippen LogP contribution in [0.25, 0.3) is 0 Å². The Morgan fingerprint density at radius 2 is 1.92 bits per heavy atom. The molecule has 0 aliphatic heterocycles. The van der Waals surface area contributed by atoms with Gasteiger partial charge in [-0.05, 0) is 12.1 Å². The van der Waals surface area contributed by atoms with E-state index in [1.54, 1.807) is 0 Å². The van der Waals surface area contributed by atoms with E-state index in [0.29, 0.717) is 12.1 Å². The average Bonchev–Trinajstić information content (AvgIpc) is 2.08. The maximum Gasteiger partial charge on any atom is 0.491 e. The second-order valence-electron chi connectivity index (χ2n) is 2.39. The Hall–Kier alpha value is -1.27. The van der Waals surface area contributed by atoms with Crippen molar-refractivity contribution in [1.82, 2.24) is 0 Å². The molecule has 0 unspecified atom stereocenters. The molecule has 0 saturated carbocycles. The number of carbonyl (C=O) groups is 1. The van der Waals surface area contributed by atoms with Crippen LogP contribution in [-0.2, 0) is 0 Å². The van der Waals surface area contributed by atoms with Crippen LogP contribution in [0.1, 0.15) is 10.4 Å². The van der Waals surface area contributed by atoms with Gasteiger partial charge in [0, 0.05) is 5.46 Å². The number of carbonyl (C=O) groups excluding carboxylic acids is 1. The van der Waals surface area contributed by atoms with Crippen molar-refractivity contribution >= 4 is 18.9 Å². The fraction of sp³-hybridized carbons (Fsp3) is 0. The van der Waals surface area contributed by atoms with E-state index in [2.05, 4.69) is 0 Å². The van der Waals surface area contributed by atoms with Crippen LogP contribution in [0, 0.1) is 11.6 Å². The lowest BCUT2D eigenvalue weighted by molar-refractivity contribution is 0.111. The molecule has 1 aromatic carbocycles. The van der Waals surface area contributed by atoms with Crippen LogP contribution in [0.4, 0.5) is 8.78 Å². The highest BCUT2D eigenvalue weighted by Gasteiger charge is 2.20. The molecule has 0 heterocycles. The predicted molar refractivity (Wildman–Crippen MR) is 41.6 cm³/mol. The van der Waals surface area contributed by atoms with E-state index in [0.717, 1.165) is 0 Å². The van der Waals surface area contributed by atoms with Crippen LogP contribution in [0.3, 0.4) is 0 Å². The zero-order chi connectivity index (χ0) is 10.0. The van der Waals surface area contributed by atoms with Crippen molar-refractivity contribution < 1.29 is 23.6 Å². The number of hydrogen-bond donors (Lipinski definition) is 2. The van der Waals surface area contributed by atoms with E-state index >= 15 is 0 Å². The molecule has 0 atom stereocenters. The van der Waals surface area contributed by atoms with Crippen molar-refractivity contribution in [3.05, 3.63) is 29.3 Å². The topological polar surface area (TPSA) is 57.5 Å². The Balaban J connectivity index is 3.35. The smallest absolute Gasteiger partial charge is 0.423 e. The average molecular weight is 186 g/mol. The molecule has 0 amide bonds. The normalized spacial score (nSPS) is 9.85. The maximum atomic E-state index is 13.0.